The lowest BCUT2D eigenvalue weighted by Crippen LogP contribution is -2.43. The Kier molecular flexibility index (Phi) is 3.32. The van der Waals surface area contributed by atoms with Crippen molar-refractivity contribution in [2.24, 2.45) is 13.0 Å². The van der Waals surface area contributed by atoms with Crippen molar-refractivity contribution in [3.05, 3.63) is 40.7 Å². The highest BCUT2D eigenvalue weighted by atomic mass is 35.5. The predicted octanol–water partition coefficient (Wildman–Crippen LogP) is 3.21. The fraction of sp³-hybridized carbons (Fsp3) is 0.389. The molecule has 0 radical (unpaired) electrons. The third-order valence-electron chi connectivity index (χ3n) is 5.24. The molecule has 2 heterocycles. The van der Waals surface area contributed by atoms with Crippen LogP contribution >= 0.6 is 11.6 Å². The topological polar surface area (TPSA) is 59.8 Å². The van der Waals surface area contributed by atoms with E-state index in [0.717, 1.165) is 24.0 Å². The molecule has 1 aliphatic heterocycles. The van der Waals surface area contributed by atoms with Gasteiger partial charge in [0.2, 0.25) is 0 Å². The van der Waals surface area contributed by atoms with Crippen LogP contribution in [0, 0.1) is 5.92 Å². The summed E-state index contributed by atoms with van der Waals surface area (Å²) in [5.74, 6) is 1.68. The number of hydrogen-bond donors (Lipinski definition) is 1. The molecule has 0 bridgehead atoms. The molecular weight excluding hydrogens is 324 g/mol. The van der Waals surface area contributed by atoms with Crippen molar-refractivity contribution < 1.29 is 4.79 Å². The molecule has 1 N–H and O–H groups in total. The van der Waals surface area contributed by atoms with E-state index in [9.17, 15) is 4.79 Å². The van der Waals surface area contributed by atoms with E-state index in [-0.39, 0.29) is 11.4 Å². The number of amides is 1. The number of nitrogens with zero attached hydrogens (tertiary/aromatic N) is 3. The van der Waals surface area contributed by atoms with Crippen LogP contribution in [0.3, 0.4) is 0 Å². The third kappa shape index (κ3) is 2.26. The number of halogens is 1. The quantitative estimate of drug-likeness (QED) is 0.931. The van der Waals surface area contributed by atoms with Gasteiger partial charge >= 0.3 is 0 Å². The van der Waals surface area contributed by atoms with Crippen LogP contribution in [0.4, 0.5) is 0 Å². The van der Waals surface area contributed by atoms with Crippen molar-refractivity contribution in [2.45, 2.75) is 32.2 Å². The van der Waals surface area contributed by atoms with Crippen LogP contribution in [0.5, 0.6) is 0 Å². The number of hydrogen-bond acceptors (Lipinski definition) is 3. The van der Waals surface area contributed by atoms with Gasteiger partial charge in [-0.2, -0.15) is 5.10 Å². The minimum atomic E-state index is -0.251. The number of benzene rings is 1. The van der Waals surface area contributed by atoms with Gasteiger partial charge in [0.25, 0.3) is 5.91 Å². The average molecular weight is 343 g/mol. The minimum Gasteiger partial charge on any atom is -0.343 e. The van der Waals surface area contributed by atoms with Gasteiger partial charge in [0.15, 0.2) is 11.6 Å². The van der Waals surface area contributed by atoms with E-state index in [4.69, 9.17) is 11.6 Å². The van der Waals surface area contributed by atoms with E-state index >= 15 is 0 Å². The monoisotopic (exact) mass is 342 g/mol. The summed E-state index contributed by atoms with van der Waals surface area (Å²) in [7, 11) is 1.82. The highest BCUT2D eigenvalue weighted by Crippen LogP contribution is 2.47. The molecule has 1 aromatic heterocycles. The first-order chi connectivity index (χ1) is 11.4. The molecule has 1 saturated carbocycles. The largest absolute Gasteiger partial charge is 0.343 e. The van der Waals surface area contributed by atoms with Crippen molar-refractivity contribution in [1.29, 1.82) is 0 Å². The number of aryl methyl sites for hydroxylation is 1. The molecule has 0 saturated heterocycles. The zero-order chi connectivity index (χ0) is 17.1. The molecule has 1 unspecified atom stereocenters. The van der Waals surface area contributed by atoms with Gasteiger partial charge in [0.05, 0.1) is 11.1 Å². The Morgan fingerprint density at radius 3 is 2.58 bits per heavy atom. The molecular formula is C18H19ClN4O. The second-order valence-corrected chi connectivity index (χ2v) is 7.26. The maximum absolute atomic E-state index is 12.6. The lowest BCUT2D eigenvalue weighted by Gasteiger charge is -2.26. The van der Waals surface area contributed by atoms with Crippen LogP contribution < -0.4 is 5.32 Å². The fourth-order valence-corrected chi connectivity index (χ4v) is 3.61. The highest BCUT2D eigenvalue weighted by Gasteiger charge is 2.50. The Hall–Kier alpha value is -2.14. The van der Waals surface area contributed by atoms with Crippen molar-refractivity contribution in [2.75, 3.05) is 0 Å². The summed E-state index contributed by atoms with van der Waals surface area (Å²) >= 11 is 5.94. The minimum absolute atomic E-state index is 0.0555. The number of carbonyl (C=O) groups excluding carboxylic acids is 1. The van der Waals surface area contributed by atoms with Gasteiger partial charge in [-0.15, -0.1) is 0 Å². The van der Waals surface area contributed by atoms with E-state index in [0.29, 0.717) is 28.2 Å². The van der Waals surface area contributed by atoms with E-state index < -0.39 is 0 Å². The lowest BCUT2D eigenvalue weighted by molar-refractivity contribution is -0.116. The van der Waals surface area contributed by atoms with Gasteiger partial charge in [0, 0.05) is 17.6 Å². The maximum Gasteiger partial charge on any atom is 0.255 e. The standard InChI is InChI=1S/C18H19ClN4O/c1-10-14(17(24)21-18(10,2)12-6-7-12)16-20-15(22-23(16)3)11-4-8-13(19)9-5-11/h4-5,8-9,12H,6-7H2,1-3H3,(H,21,24). The number of carbonyl (C=O) groups is 1. The van der Waals surface area contributed by atoms with Crippen molar-refractivity contribution >= 4 is 23.1 Å². The molecule has 1 atom stereocenters. The summed E-state index contributed by atoms with van der Waals surface area (Å²) in [6, 6.07) is 7.38. The van der Waals surface area contributed by atoms with Crippen LogP contribution in [0.15, 0.2) is 29.8 Å². The first-order valence-electron chi connectivity index (χ1n) is 8.11. The van der Waals surface area contributed by atoms with Crippen LogP contribution in [0.2, 0.25) is 5.02 Å². The Labute approximate surface area is 145 Å². The number of nitrogens with one attached hydrogen (secondary N) is 1. The molecule has 4 rings (SSSR count). The van der Waals surface area contributed by atoms with E-state index in [1.807, 2.05) is 38.2 Å². The van der Waals surface area contributed by atoms with Crippen LogP contribution in [-0.2, 0) is 11.8 Å². The maximum atomic E-state index is 12.6. The summed E-state index contributed by atoms with van der Waals surface area (Å²) in [4.78, 5) is 17.2. The zero-order valence-electron chi connectivity index (χ0n) is 13.9. The molecule has 1 fully saturated rings. The Morgan fingerprint density at radius 2 is 1.96 bits per heavy atom. The molecule has 1 aliphatic carbocycles. The molecule has 0 spiro atoms. The molecule has 5 nitrogen and oxygen atoms in total. The zero-order valence-corrected chi connectivity index (χ0v) is 14.7. The van der Waals surface area contributed by atoms with E-state index in [2.05, 4.69) is 22.3 Å². The van der Waals surface area contributed by atoms with Crippen LogP contribution in [-0.4, -0.2) is 26.2 Å². The number of rotatable bonds is 3. The van der Waals surface area contributed by atoms with Crippen molar-refractivity contribution in [3.8, 4) is 11.4 Å². The molecule has 1 amide bonds. The van der Waals surface area contributed by atoms with Crippen LogP contribution in [0.1, 0.15) is 32.5 Å². The summed E-state index contributed by atoms with van der Waals surface area (Å²) < 4.78 is 1.68. The second kappa shape index (κ2) is 5.18. The predicted molar refractivity (Wildman–Crippen MR) is 93.3 cm³/mol. The van der Waals surface area contributed by atoms with Crippen LogP contribution in [0.25, 0.3) is 17.0 Å². The molecule has 1 aromatic carbocycles. The van der Waals surface area contributed by atoms with Gasteiger partial charge in [-0.05, 0) is 62.4 Å². The summed E-state index contributed by atoms with van der Waals surface area (Å²) in [5, 5.41) is 8.31. The molecule has 2 aromatic rings. The van der Waals surface area contributed by atoms with Gasteiger partial charge < -0.3 is 5.32 Å². The third-order valence-corrected chi connectivity index (χ3v) is 5.49. The molecule has 6 heteroatoms. The SMILES string of the molecule is CC1=C(c2nc(-c3ccc(Cl)cc3)nn2C)C(=O)NC1(C)C1CC1. The highest BCUT2D eigenvalue weighted by molar-refractivity contribution is 6.30. The summed E-state index contributed by atoms with van der Waals surface area (Å²) in [5.41, 5.74) is 2.34. The Balaban J connectivity index is 1.78. The number of aromatic nitrogens is 3. The Bertz CT molecular complexity index is 864. The summed E-state index contributed by atoms with van der Waals surface area (Å²) in [6.45, 7) is 4.14. The average Bonchev–Trinajstić information content (AvgIpc) is 3.29. The van der Waals surface area contributed by atoms with E-state index in [1.165, 1.54) is 0 Å². The first-order valence-corrected chi connectivity index (χ1v) is 8.49. The molecule has 2 aliphatic rings. The van der Waals surface area contributed by atoms with Crippen molar-refractivity contribution in [1.82, 2.24) is 20.1 Å². The molecule has 124 valence electrons. The smallest absolute Gasteiger partial charge is 0.255 e. The first kappa shape index (κ1) is 15.4. The summed E-state index contributed by atoms with van der Waals surface area (Å²) in [6.07, 6.45) is 2.33. The Morgan fingerprint density at radius 1 is 1.29 bits per heavy atom. The lowest BCUT2D eigenvalue weighted by atomic mass is 9.88. The molecule has 24 heavy (non-hydrogen) atoms. The normalized spacial score (nSPS) is 23.8. The van der Waals surface area contributed by atoms with Crippen molar-refractivity contribution in [3.63, 3.8) is 0 Å². The van der Waals surface area contributed by atoms with Gasteiger partial charge in [-0.25, -0.2) is 9.67 Å². The van der Waals surface area contributed by atoms with E-state index in [1.54, 1.807) is 4.68 Å². The fourth-order valence-electron chi connectivity index (χ4n) is 3.48. The van der Waals surface area contributed by atoms with Gasteiger partial charge in [-0.1, -0.05) is 11.6 Å². The van der Waals surface area contributed by atoms with Gasteiger partial charge in [-0.3, -0.25) is 4.79 Å². The second-order valence-electron chi connectivity index (χ2n) is 6.82. The van der Waals surface area contributed by atoms with Gasteiger partial charge in [0.1, 0.15) is 0 Å².